The molecule has 28 heavy (non-hydrogen) atoms. The highest BCUT2D eigenvalue weighted by Crippen LogP contribution is 2.36. The molecule has 0 unspecified atom stereocenters. The van der Waals surface area contributed by atoms with Crippen LogP contribution in [0.15, 0.2) is 24.3 Å². The second kappa shape index (κ2) is 7.85. The minimum absolute atomic E-state index is 0.207. The Kier molecular flexibility index (Phi) is 5.84. The van der Waals surface area contributed by atoms with Crippen molar-refractivity contribution in [1.29, 1.82) is 0 Å². The van der Waals surface area contributed by atoms with E-state index in [-0.39, 0.29) is 18.2 Å². The van der Waals surface area contributed by atoms with E-state index >= 15 is 0 Å². The van der Waals surface area contributed by atoms with Crippen molar-refractivity contribution in [2.75, 3.05) is 13.2 Å². The Morgan fingerprint density at radius 2 is 1.79 bits per heavy atom. The fourth-order valence-corrected chi connectivity index (χ4v) is 3.26. The monoisotopic (exact) mass is 389 g/mol. The summed E-state index contributed by atoms with van der Waals surface area (Å²) in [6, 6.07) is 6.48. The molecule has 7 nitrogen and oxygen atoms in total. The van der Waals surface area contributed by atoms with Gasteiger partial charge < -0.3 is 24.5 Å². The Labute approximate surface area is 165 Å². The molecule has 2 saturated heterocycles. The number of ether oxygens (including phenoxy) is 1. The number of hydrogen-bond donors (Lipinski definition) is 2. The van der Waals surface area contributed by atoms with Crippen molar-refractivity contribution in [2.24, 2.45) is 5.92 Å². The fourth-order valence-electron chi connectivity index (χ4n) is 3.26. The smallest absolute Gasteiger partial charge is 0.480 e. The van der Waals surface area contributed by atoms with Gasteiger partial charge in [-0.15, -0.1) is 0 Å². The largest absolute Gasteiger partial charge is 0.494 e. The molecule has 8 heteroatoms. The van der Waals surface area contributed by atoms with Gasteiger partial charge in [0.2, 0.25) is 5.91 Å². The topological polar surface area (TPSA) is 94.1 Å². The molecule has 152 valence electrons. The number of amides is 1. The van der Waals surface area contributed by atoms with E-state index in [4.69, 9.17) is 14.0 Å². The Bertz CT molecular complexity index is 711. The number of benzene rings is 1. The zero-order valence-corrected chi connectivity index (χ0v) is 16.9. The van der Waals surface area contributed by atoms with Gasteiger partial charge in [0, 0.05) is 13.0 Å². The zero-order chi connectivity index (χ0) is 20.5. The van der Waals surface area contributed by atoms with E-state index in [1.807, 2.05) is 52.0 Å². The summed E-state index contributed by atoms with van der Waals surface area (Å²) in [5.41, 5.74) is 0.856. The van der Waals surface area contributed by atoms with Gasteiger partial charge in [0.15, 0.2) is 0 Å². The molecule has 0 aromatic heterocycles. The van der Waals surface area contributed by atoms with Gasteiger partial charge in [0.05, 0.1) is 23.7 Å². The lowest BCUT2D eigenvalue weighted by Gasteiger charge is -2.32. The first-order valence-electron chi connectivity index (χ1n) is 9.64. The summed E-state index contributed by atoms with van der Waals surface area (Å²) < 4.78 is 17.3. The molecule has 2 heterocycles. The average molecular weight is 389 g/mol. The van der Waals surface area contributed by atoms with Gasteiger partial charge in [-0.25, -0.2) is 4.79 Å². The summed E-state index contributed by atoms with van der Waals surface area (Å²) in [6.45, 7) is 8.87. The van der Waals surface area contributed by atoms with E-state index in [9.17, 15) is 14.7 Å². The van der Waals surface area contributed by atoms with Crippen LogP contribution in [0.1, 0.15) is 39.7 Å². The van der Waals surface area contributed by atoms with Crippen molar-refractivity contribution >= 4 is 24.5 Å². The maximum Gasteiger partial charge on any atom is 0.494 e. The number of hydrogen-bond acceptors (Lipinski definition) is 5. The number of aliphatic carboxylic acids is 1. The molecule has 2 aliphatic rings. The lowest BCUT2D eigenvalue weighted by Crippen LogP contribution is -2.45. The number of nitrogens with one attached hydrogen (secondary N) is 1. The molecule has 1 aromatic carbocycles. The molecule has 1 aromatic rings. The Hall–Kier alpha value is -1.90. The summed E-state index contributed by atoms with van der Waals surface area (Å²) in [5, 5.41) is 12.1. The molecule has 0 spiro atoms. The fraction of sp³-hybridized carbons (Fsp3) is 0.600. The standard InChI is InChI=1S/C20H28BNO6/c1-19(2)20(3,4)28-21(27-19)15-7-5-13(6-8-15)11-16(18(24)25)22-17(23)14-9-10-26-12-14/h5-8,14,16H,9-12H2,1-4H3,(H,22,23)(H,24,25)/t14-,16+/m0/s1. The lowest BCUT2D eigenvalue weighted by molar-refractivity contribution is -0.142. The number of carboxylic acid groups (broad SMARTS) is 1. The van der Waals surface area contributed by atoms with Gasteiger partial charge in [0.25, 0.3) is 0 Å². The van der Waals surface area contributed by atoms with Crippen molar-refractivity contribution in [1.82, 2.24) is 5.32 Å². The van der Waals surface area contributed by atoms with E-state index in [1.165, 1.54) is 0 Å². The normalized spacial score (nSPS) is 24.1. The van der Waals surface area contributed by atoms with Crippen molar-refractivity contribution < 1.29 is 28.7 Å². The van der Waals surface area contributed by atoms with Crippen LogP contribution in [-0.4, -0.2) is 54.6 Å². The van der Waals surface area contributed by atoms with E-state index in [2.05, 4.69) is 5.32 Å². The SMILES string of the molecule is CC1(C)OB(c2ccc(C[C@@H](NC(=O)[C@H]3CCOC3)C(=O)O)cc2)OC1(C)C. The molecular formula is C20H28BNO6. The van der Waals surface area contributed by atoms with E-state index in [0.29, 0.717) is 19.6 Å². The highest BCUT2D eigenvalue weighted by Gasteiger charge is 2.51. The quantitative estimate of drug-likeness (QED) is 0.709. The number of rotatable bonds is 6. The molecule has 0 radical (unpaired) electrons. The summed E-state index contributed by atoms with van der Waals surface area (Å²) in [7, 11) is -0.462. The van der Waals surface area contributed by atoms with Crippen LogP contribution >= 0.6 is 0 Å². The Morgan fingerprint density at radius 3 is 2.29 bits per heavy atom. The van der Waals surface area contributed by atoms with Crippen molar-refractivity contribution in [2.45, 2.75) is 57.8 Å². The van der Waals surface area contributed by atoms with E-state index in [1.54, 1.807) is 0 Å². The van der Waals surface area contributed by atoms with Crippen LogP contribution in [0.5, 0.6) is 0 Å². The minimum Gasteiger partial charge on any atom is -0.480 e. The first kappa shape index (κ1) is 20.8. The minimum atomic E-state index is -1.05. The predicted molar refractivity (Wildman–Crippen MR) is 104 cm³/mol. The van der Waals surface area contributed by atoms with Gasteiger partial charge in [0.1, 0.15) is 6.04 Å². The van der Waals surface area contributed by atoms with Crippen molar-refractivity contribution in [3.8, 4) is 0 Å². The summed E-state index contributed by atoms with van der Waals surface area (Å²) in [5.74, 6) is -1.59. The average Bonchev–Trinajstić information content (AvgIpc) is 3.21. The molecule has 0 saturated carbocycles. The summed E-state index contributed by atoms with van der Waals surface area (Å²) >= 11 is 0. The molecule has 1 amide bonds. The maximum absolute atomic E-state index is 12.2. The van der Waals surface area contributed by atoms with Crippen LogP contribution in [0, 0.1) is 5.92 Å². The molecule has 0 bridgehead atoms. The third kappa shape index (κ3) is 4.40. The predicted octanol–water partition coefficient (Wildman–Crippen LogP) is 1.13. The molecule has 2 N–H and O–H groups in total. The number of carbonyl (C=O) groups is 2. The summed E-state index contributed by atoms with van der Waals surface area (Å²) in [6.07, 6.45) is 0.833. The van der Waals surface area contributed by atoms with E-state index < -0.39 is 30.3 Å². The second-order valence-electron chi connectivity index (χ2n) is 8.49. The van der Waals surface area contributed by atoms with Gasteiger partial charge >= 0.3 is 13.1 Å². The zero-order valence-electron chi connectivity index (χ0n) is 16.9. The molecule has 2 fully saturated rings. The molecule has 3 rings (SSSR count). The molecule has 2 atom stereocenters. The third-order valence-electron chi connectivity index (χ3n) is 5.86. The van der Waals surface area contributed by atoms with Crippen LogP contribution in [0.2, 0.25) is 0 Å². The Morgan fingerprint density at radius 1 is 1.18 bits per heavy atom. The third-order valence-corrected chi connectivity index (χ3v) is 5.86. The summed E-state index contributed by atoms with van der Waals surface area (Å²) in [4.78, 5) is 23.8. The van der Waals surface area contributed by atoms with Crippen LogP contribution in [0.4, 0.5) is 0 Å². The number of carboxylic acids is 1. The molecular weight excluding hydrogens is 361 g/mol. The second-order valence-corrected chi connectivity index (χ2v) is 8.49. The molecule has 2 aliphatic heterocycles. The van der Waals surface area contributed by atoms with Crippen LogP contribution in [-0.2, 0) is 30.1 Å². The van der Waals surface area contributed by atoms with Crippen LogP contribution in [0.25, 0.3) is 0 Å². The van der Waals surface area contributed by atoms with E-state index in [0.717, 1.165) is 11.0 Å². The Balaban J connectivity index is 1.63. The van der Waals surface area contributed by atoms with Crippen LogP contribution < -0.4 is 10.8 Å². The van der Waals surface area contributed by atoms with Crippen molar-refractivity contribution in [3.05, 3.63) is 29.8 Å². The highest BCUT2D eigenvalue weighted by molar-refractivity contribution is 6.62. The first-order valence-corrected chi connectivity index (χ1v) is 9.64. The van der Waals surface area contributed by atoms with Crippen molar-refractivity contribution in [3.63, 3.8) is 0 Å². The van der Waals surface area contributed by atoms with Gasteiger partial charge in [-0.1, -0.05) is 24.3 Å². The van der Waals surface area contributed by atoms with Gasteiger partial charge in [-0.3, -0.25) is 4.79 Å². The van der Waals surface area contributed by atoms with Gasteiger partial charge in [-0.2, -0.15) is 0 Å². The van der Waals surface area contributed by atoms with Gasteiger partial charge in [-0.05, 0) is 45.1 Å². The highest BCUT2D eigenvalue weighted by atomic mass is 16.7. The lowest BCUT2D eigenvalue weighted by atomic mass is 9.78. The molecule has 0 aliphatic carbocycles. The maximum atomic E-state index is 12.2. The first-order chi connectivity index (χ1) is 13.1. The van der Waals surface area contributed by atoms with Crippen LogP contribution in [0.3, 0.4) is 0 Å². The number of carbonyl (C=O) groups excluding carboxylic acids is 1.